The highest BCUT2D eigenvalue weighted by Gasteiger charge is 2.16. The fraction of sp³-hybridized carbons (Fsp3) is 0.0435. The summed E-state index contributed by atoms with van der Waals surface area (Å²) in [5.74, 6) is 5.56. The molecule has 5 aromatic rings. The Labute approximate surface area is 176 Å². The number of rotatable bonds is 2. The van der Waals surface area contributed by atoms with E-state index in [-0.39, 0.29) is 5.56 Å². The number of fused-ring (bicyclic) bond motifs is 2. The maximum absolute atomic E-state index is 12.3. The Kier molecular flexibility index (Phi) is 4.31. The molecule has 2 aromatic carbocycles. The van der Waals surface area contributed by atoms with Gasteiger partial charge in [0.05, 0.1) is 33.7 Å². The topological polar surface area (TPSA) is 87.3 Å². The van der Waals surface area contributed by atoms with E-state index in [2.05, 4.69) is 27.0 Å². The Balaban J connectivity index is 1.85. The molecule has 0 saturated heterocycles. The Morgan fingerprint density at radius 1 is 1.00 bits per heavy atom. The van der Waals surface area contributed by atoms with Gasteiger partial charge in [-0.15, -0.1) is 5.92 Å². The fourth-order valence-corrected chi connectivity index (χ4v) is 3.66. The zero-order valence-electron chi connectivity index (χ0n) is 15.8. The first-order chi connectivity index (χ1) is 14.6. The van der Waals surface area contributed by atoms with Crippen LogP contribution in [-0.4, -0.2) is 25.1 Å². The lowest BCUT2D eigenvalue weighted by Crippen LogP contribution is -2.11. The average Bonchev–Trinajstić information content (AvgIpc) is 3.24. The summed E-state index contributed by atoms with van der Waals surface area (Å²) in [6, 6.07) is 15.2. The fourth-order valence-electron chi connectivity index (χ4n) is 3.40. The van der Waals surface area contributed by atoms with Gasteiger partial charge in [0.15, 0.2) is 5.65 Å². The SMILES string of the molecule is CC#Cc1cc2nc(-c3cc(Cl)c4[nH]ncc4c3)c(-c3ccccc3)nc2[nH]c1=O. The lowest BCUT2D eigenvalue weighted by molar-refractivity contribution is 1.12. The maximum atomic E-state index is 12.3. The lowest BCUT2D eigenvalue weighted by atomic mass is 10.0. The Morgan fingerprint density at radius 3 is 2.60 bits per heavy atom. The van der Waals surface area contributed by atoms with Gasteiger partial charge in [-0.3, -0.25) is 9.89 Å². The van der Waals surface area contributed by atoms with Crippen molar-refractivity contribution in [2.24, 2.45) is 0 Å². The molecule has 5 rings (SSSR count). The third-order valence-electron chi connectivity index (χ3n) is 4.76. The molecule has 2 N–H and O–H groups in total. The molecular weight excluding hydrogens is 398 g/mol. The summed E-state index contributed by atoms with van der Waals surface area (Å²) in [5.41, 5.74) is 4.75. The molecule has 0 amide bonds. The van der Waals surface area contributed by atoms with Gasteiger partial charge >= 0.3 is 0 Å². The molecule has 0 atom stereocenters. The number of hydrogen-bond acceptors (Lipinski definition) is 4. The molecule has 6 nitrogen and oxygen atoms in total. The molecule has 0 spiro atoms. The highest BCUT2D eigenvalue weighted by atomic mass is 35.5. The van der Waals surface area contributed by atoms with Crippen molar-refractivity contribution in [1.82, 2.24) is 25.1 Å². The van der Waals surface area contributed by atoms with Crippen molar-refractivity contribution in [1.29, 1.82) is 0 Å². The third kappa shape index (κ3) is 3.02. The van der Waals surface area contributed by atoms with E-state index in [0.29, 0.717) is 33.1 Å². The minimum atomic E-state index is -0.291. The van der Waals surface area contributed by atoms with Gasteiger partial charge in [-0.05, 0) is 25.1 Å². The zero-order chi connectivity index (χ0) is 20.7. The average molecular weight is 412 g/mol. The number of halogens is 1. The predicted molar refractivity (Wildman–Crippen MR) is 118 cm³/mol. The normalized spacial score (nSPS) is 10.9. The van der Waals surface area contributed by atoms with E-state index in [1.54, 1.807) is 19.2 Å². The number of H-pyrrole nitrogens is 2. The molecule has 0 fully saturated rings. The largest absolute Gasteiger partial charge is 0.304 e. The van der Waals surface area contributed by atoms with Crippen LogP contribution in [0.3, 0.4) is 0 Å². The standard InChI is InChI=1S/C23H14ClN5O/c1-2-6-14-11-18-22(28-23(14)30)27-20(13-7-4-3-5-8-13)21(26-18)15-9-16-12-25-29-19(16)17(24)10-15/h3-5,7-12H,1H3,(H,25,29)(H,27,28,30). The van der Waals surface area contributed by atoms with Gasteiger partial charge in [0.1, 0.15) is 5.52 Å². The lowest BCUT2D eigenvalue weighted by Gasteiger charge is -2.11. The second-order valence-corrected chi connectivity index (χ2v) is 7.11. The number of hydrogen-bond donors (Lipinski definition) is 2. The summed E-state index contributed by atoms with van der Waals surface area (Å²) in [6.45, 7) is 1.68. The van der Waals surface area contributed by atoms with Crippen molar-refractivity contribution >= 4 is 33.7 Å². The van der Waals surface area contributed by atoms with Gasteiger partial charge in [-0.25, -0.2) is 9.97 Å². The van der Waals surface area contributed by atoms with Crippen molar-refractivity contribution in [3.8, 4) is 34.4 Å². The van der Waals surface area contributed by atoms with Gasteiger partial charge in [-0.2, -0.15) is 5.10 Å². The number of pyridine rings is 1. The van der Waals surface area contributed by atoms with Crippen LogP contribution in [0.5, 0.6) is 0 Å². The molecular formula is C23H14ClN5O. The number of benzene rings is 2. The Bertz CT molecular complexity index is 1540. The summed E-state index contributed by atoms with van der Waals surface area (Å²) in [7, 11) is 0. The zero-order valence-corrected chi connectivity index (χ0v) is 16.6. The van der Waals surface area contributed by atoms with E-state index in [1.165, 1.54) is 0 Å². The Morgan fingerprint density at radius 2 is 1.80 bits per heavy atom. The van der Waals surface area contributed by atoms with Crippen LogP contribution in [0.25, 0.3) is 44.6 Å². The molecule has 30 heavy (non-hydrogen) atoms. The molecule has 0 bridgehead atoms. The van der Waals surface area contributed by atoms with E-state index >= 15 is 0 Å². The van der Waals surface area contributed by atoms with E-state index < -0.39 is 0 Å². The van der Waals surface area contributed by atoms with Crippen LogP contribution in [-0.2, 0) is 0 Å². The highest BCUT2D eigenvalue weighted by Crippen LogP contribution is 2.34. The van der Waals surface area contributed by atoms with Crippen molar-refractivity contribution in [3.63, 3.8) is 0 Å². The molecule has 0 aliphatic heterocycles. The Hall–Kier alpha value is -3.95. The van der Waals surface area contributed by atoms with Crippen LogP contribution >= 0.6 is 11.6 Å². The number of nitrogens with zero attached hydrogens (tertiary/aromatic N) is 3. The van der Waals surface area contributed by atoms with Gasteiger partial charge in [0.25, 0.3) is 5.56 Å². The van der Waals surface area contributed by atoms with Crippen LogP contribution in [0.2, 0.25) is 5.02 Å². The third-order valence-corrected chi connectivity index (χ3v) is 5.06. The van der Waals surface area contributed by atoms with E-state index in [9.17, 15) is 4.79 Å². The molecule has 0 saturated carbocycles. The van der Waals surface area contributed by atoms with Crippen LogP contribution in [0.1, 0.15) is 12.5 Å². The summed E-state index contributed by atoms with van der Waals surface area (Å²) in [5, 5.41) is 8.38. The first-order valence-electron chi connectivity index (χ1n) is 9.20. The van der Waals surface area contributed by atoms with Crippen LogP contribution in [0, 0.1) is 11.8 Å². The van der Waals surface area contributed by atoms with Crippen molar-refractivity contribution in [2.75, 3.05) is 0 Å². The summed E-state index contributed by atoms with van der Waals surface area (Å²) in [4.78, 5) is 24.7. The van der Waals surface area contributed by atoms with Crippen LogP contribution < -0.4 is 5.56 Å². The predicted octanol–water partition coefficient (Wildman–Crippen LogP) is 4.55. The van der Waals surface area contributed by atoms with Crippen molar-refractivity contribution in [3.05, 3.63) is 75.7 Å². The molecule has 0 radical (unpaired) electrons. The first kappa shape index (κ1) is 18.1. The van der Waals surface area contributed by atoms with E-state index in [0.717, 1.165) is 22.0 Å². The minimum absolute atomic E-state index is 0.291. The van der Waals surface area contributed by atoms with Gasteiger partial charge < -0.3 is 4.98 Å². The summed E-state index contributed by atoms with van der Waals surface area (Å²) < 4.78 is 0. The van der Waals surface area contributed by atoms with Gasteiger partial charge in [0, 0.05) is 16.5 Å². The molecule has 3 heterocycles. The minimum Gasteiger partial charge on any atom is -0.304 e. The number of nitrogens with one attached hydrogen (secondary N) is 2. The first-order valence-corrected chi connectivity index (χ1v) is 9.58. The number of aromatic nitrogens is 5. The van der Waals surface area contributed by atoms with Gasteiger partial charge in [0.2, 0.25) is 0 Å². The molecule has 0 unspecified atom stereocenters. The molecule has 3 aromatic heterocycles. The molecule has 7 heteroatoms. The van der Waals surface area contributed by atoms with E-state index in [4.69, 9.17) is 21.6 Å². The molecule has 144 valence electrons. The highest BCUT2D eigenvalue weighted by molar-refractivity contribution is 6.35. The monoisotopic (exact) mass is 411 g/mol. The number of aromatic amines is 2. The quantitative estimate of drug-likeness (QED) is 0.417. The summed E-state index contributed by atoms with van der Waals surface area (Å²) >= 11 is 6.47. The maximum Gasteiger partial charge on any atom is 0.265 e. The second kappa shape index (κ2) is 7.14. The summed E-state index contributed by atoms with van der Waals surface area (Å²) in [6.07, 6.45) is 1.72. The van der Waals surface area contributed by atoms with Crippen LogP contribution in [0.15, 0.2) is 59.5 Å². The van der Waals surface area contributed by atoms with E-state index in [1.807, 2.05) is 42.5 Å². The molecule has 0 aliphatic rings. The van der Waals surface area contributed by atoms with Crippen molar-refractivity contribution in [2.45, 2.75) is 6.92 Å². The molecule has 0 aliphatic carbocycles. The van der Waals surface area contributed by atoms with Gasteiger partial charge in [-0.1, -0.05) is 47.9 Å². The van der Waals surface area contributed by atoms with Crippen LogP contribution in [0.4, 0.5) is 0 Å². The smallest absolute Gasteiger partial charge is 0.265 e. The second-order valence-electron chi connectivity index (χ2n) is 6.70. The van der Waals surface area contributed by atoms with Crippen molar-refractivity contribution < 1.29 is 0 Å².